The highest BCUT2D eigenvalue weighted by Crippen LogP contribution is 2.38. The lowest BCUT2D eigenvalue weighted by Gasteiger charge is -2.24. The van der Waals surface area contributed by atoms with Crippen LogP contribution in [0, 0.1) is 0 Å². The molecule has 1 aliphatic rings. The summed E-state index contributed by atoms with van der Waals surface area (Å²) in [4.78, 5) is 11.7. The molecule has 0 aromatic heterocycles. The van der Waals surface area contributed by atoms with Crippen molar-refractivity contribution in [3.05, 3.63) is 28.8 Å². The van der Waals surface area contributed by atoms with E-state index < -0.39 is 0 Å². The summed E-state index contributed by atoms with van der Waals surface area (Å²) in [5, 5.41) is 3.47. The molecular formula is C17H24ClNO3. The van der Waals surface area contributed by atoms with Gasteiger partial charge in [0.15, 0.2) is 6.61 Å². The Bertz CT molecular complexity index is 487. The van der Waals surface area contributed by atoms with Crippen LogP contribution < -0.4 is 10.1 Å². The topological polar surface area (TPSA) is 47.6 Å². The summed E-state index contributed by atoms with van der Waals surface area (Å²) in [6.07, 6.45) is 6.12. The predicted octanol–water partition coefficient (Wildman–Crippen LogP) is 3.53. The zero-order chi connectivity index (χ0) is 15.8. The van der Waals surface area contributed by atoms with Crippen LogP contribution in [0.3, 0.4) is 0 Å². The minimum atomic E-state index is -0.137. The highest BCUT2D eigenvalue weighted by molar-refractivity contribution is 6.30. The van der Waals surface area contributed by atoms with Crippen LogP contribution >= 0.6 is 11.6 Å². The van der Waals surface area contributed by atoms with E-state index in [9.17, 15) is 4.79 Å². The van der Waals surface area contributed by atoms with Gasteiger partial charge in [0.2, 0.25) is 0 Å². The van der Waals surface area contributed by atoms with Gasteiger partial charge in [-0.25, -0.2) is 0 Å². The minimum absolute atomic E-state index is 0.0189. The van der Waals surface area contributed by atoms with Crippen LogP contribution in [0.15, 0.2) is 18.2 Å². The van der Waals surface area contributed by atoms with Gasteiger partial charge < -0.3 is 14.8 Å². The third-order valence-electron chi connectivity index (χ3n) is 4.00. The molecule has 0 unspecified atom stereocenters. The number of nitrogens with one attached hydrogen (secondary N) is 1. The second-order valence-corrected chi connectivity index (χ2v) is 6.08. The minimum Gasteiger partial charge on any atom is -0.483 e. The largest absolute Gasteiger partial charge is 0.483 e. The highest BCUT2D eigenvalue weighted by atomic mass is 35.5. The number of halogens is 1. The molecule has 2 rings (SSSR count). The van der Waals surface area contributed by atoms with Crippen molar-refractivity contribution in [1.82, 2.24) is 5.32 Å². The summed E-state index contributed by atoms with van der Waals surface area (Å²) in [7, 11) is 1.60. The SMILES string of the molecule is COCCNC(=O)COc1ccc(Cl)cc1C1CCCCC1. The molecule has 4 nitrogen and oxygen atoms in total. The van der Waals surface area contributed by atoms with E-state index in [1.54, 1.807) is 7.11 Å². The molecule has 0 atom stereocenters. The summed E-state index contributed by atoms with van der Waals surface area (Å²) in [6.45, 7) is 1.01. The maximum absolute atomic E-state index is 11.7. The summed E-state index contributed by atoms with van der Waals surface area (Å²) < 4.78 is 10.6. The molecule has 1 saturated carbocycles. The van der Waals surface area contributed by atoms with Crippen LogP contribution in [0.2, 0.25) is 5.02 Å². The third kappa shape index (κ3) is 5.18. The second-order valence-electron chi connectivity index (χ2n) is 5.65. The first-order valence-corrected chi connectivity index (χ1v) is 8.26. The first-order chi connectivity index (χ1) is 10.7. The Labute approximate surface area is 137 Å². The van der Waals surface area contributed by atoms with E-state index in [0.29, 0.717) is 19.1 Å². The molecule has 1 aromatic rings. The molecule has 122 valence electrons. The van der Waals surface area contributed by atoms with E-state index >= 15 is 0 Å². The van der Waals surface area contributed by atoms with Crippen molar-refractivity contribution in [3.8, 4) is 5.75 Å². The number of ether oxygens (including phenoxy) is 2. The van der Waals surface area contributed by atoms with Gasteiger partial charge in [0, 0.05) is 18.7 Å². The van der Waals surface area contributed by atoms with Crippen LogP contribution in [0.5, 0.6) is 5.75 Å². The van der Waals surface area contributed by atoms with Crippen LogP contribution in [-0.2, 0) is 9.53 Å². The van der Waals surface area contributed by atoms with E-state index in [0.717, 1.165) is 29.2 Å². The van der Waals surface area contributed by atoms with Crippen molar-refractivity contribution in [3.63, 3.8) is 0 Å². The van der Waals surface area contributed by atoms with Crippen LogP contribution in [0.25, 0.3) is 0 Å². The number of carbonyl (C=O) groups excluding carboxylic acids is 1. The van der Waals surface area contributed by atoms with Gasteiger partial charge in [0.1, 0.15) is 5.75 Å². The van der Waals surface area contributed by atoms with Gasteiger partial charge in [-0.15, -0.1) is 0 Å². The summed E-state index contributed by atoms with van der Waals surface area (Å²) in [5.74, 6) is 1.12. The normalized spacial score (nSPS) is 15.5. The average Bonchev–Trinajstić information content (AvgIpc) is 2.55. The van der Waals surface area contributed by atoms with E-state index in [-0.39, 0.29) is 12.5 Å². The Morgan fingerprint density at radius 1 is 1.32 bits per heavy atom. The van der Waals surface area contributed by atoms with Crippen molar-refractivity contribution >= 4 is 17.5 Å². The van der Waals surface area contributed by atoms with Gasteiger partial charge in [-0.1, -0.05) is 30.9 Å². The van der Waals surface area contributed by atoms with Gasteiger partial charge in [-0.2, -0.15) is 0 Å². The molecule has 1 amide bonds. The first-order valence-electron chi connectivity index (χ1n) is 7.88. The fraction of sp³-hybridized carbons (Fsp3) is 0.588. The Hall–Kier alpha value is -1.26. The van der Waals surface area contributed by atoms with Crippen LogP contribution in [0.1, 0.15) is 43.6 Å². The molecular weight excluding hydrogens is 302 g/mol. The number of rotatable bonds is 7. The second kappa shape index (κ2) is 9.01. The number of hydrogen-bond acceptors (Lipinski definition) is 3. The maximum atomic E-state index is 11.7. The van der Waals surface area contributed by atoms with Gasteiger partial charge in [0.25, 0.3) is 5.91 Å². The predicted molar refractivity (Wildman–Crippen MR) is 87.7 cm³/mol. The standard InChI is InChI=1S/C17H24ClNO3/c1-21-10-9-19-17(20)12-22-16-8-7-14(18)11-15(16)13-5-3-2-4-6-13/h7-8,11,13H,2-6,9-10,12H2,1H3,(H,19,20). The molecule has 0 bridgehead atoms. The Balaban J connectivity index is 1.96. The third-order valence-corrected chi connectivity index (χ3v) is 4.24. The smallest absolute Gasteiger partial charge is 0.258 e. The summed E-state index contributed by atoms with van der Waals surface area (Å²) >= 11 is 6.13. The summed E-state index contributed by atoms with van der Waals surface area (Å²) in [6, 6.07) is 5.66. The fourth-order valence-electron chi connectivity index (χ4n) is 2.87. The lowest BCUT2D eigenvalue weighted by molar-refractivity contribution is -0.123. The lowest BCUT2D eigenvalue weighted by Crippen LogP contribution is -2.31. The molecule has 0 spiro atoms. The fourth-order valence-corrected chi connectivity index (χ4v) is 3.05. The molecule has 0 saturated heterocycles. The van der Waals surface area contributed by atoms with E-state index in [1.807, 2.05) is 18.2 Å². The maximum Gasteiger partial charge on any atom is 0.258 e. The van der Waals surface area contributed by atoms with E-state index in [1.165, 1.54) is 19.3 Å². The molecule has 5 heteroatoms. The zero-order valence-electron chi connectivity index (χ0n) is 13.1. The first kappa shape index (κ1) is 17.1. The number of methoxy groups -OCH3 is 1. The molecule has 0 radical (unpaired) electrons. The van der Waals surface area contributed by atoms with Gasteiger partial charge in [-0.3, -0.25) is 4.79 Å². The van der Waals surface area contributed by atoms with Crippen molar-refractivity contribution in [1.29, 1.82) is 0 Å². The molecule has 0 heterocycles. The van der Waals surface area contributed by atoms with Gasteiger partial charge >= 0.3 is 0 Å². The molecule has 1 aliphatic carbocycles. The number of hydrogen-bond donors (Lipinski definition) is 1. The molecule has 0 aliphatic heterocycles. The Kier molecular flexibility index (Phi) is 7.00. The average molecular weight is 326 g/mol. The number of amides is 1. The van der Waals surface area contributed by atoms with Crippen molar-refractivity contribution < 1.29 is 14.3 Å². The van der Waals surface area contributed by atoms with E-state index in [4.69, 9.17) is 21.1 Å². The lowest BCUT2D eigenvalue weighted by atomic mass is 9.84. The van der Waals surface area contributed by atoms with Crippen molar-refractivity contribution in [2.45, 2.75) is 38.0 Å². The van der Waals surface area contributed by atoms with Crippen LogP contribution in [-0.4, -0.2) is 32.8 Å². The number of carbonyl (C=O) groups is 1. The highest BCUT2D eigenvalue weighted by Gasteiger charge is 2.20. The Morgan fingerprint density at radius 2 is 2.09 bits per heavy atom. The molecule has 22 heavy (non-hydrogen) atoms. The monoisotopic (exact) mass is 325 g/mol. The molecule has 1 fully saturated rings. The Morgan fingerprint density at radius 3 is 2.82 bits per heavy atom. The van der Waals surface area contributed by atoms with Gasteiger partial charge in [-0.05, 0) is 42.5 Å². The zero-order valence-corrected chi connectivity index (χ0v) is 13.8. The van der Waals surface area contributed by atoms with Crippen molar-refractivity contribution in [2.24, 2.45) is 0 Å². The van der Waals surface area contributed by atoms with Crippen molar-refractivity contribution in [2.75, 3.05) is 26.9 Å². The quantitative estimate of drug-likeness (QED) is 0.780. The molecule has 1 aromatic carbocycles. The number of benzene rings is 1. The van der Waals surface area contributed by atoms with E-state index in [2.05, 4.69) is 5.32 Å². The van der Waals surface area contributed by atoms with Gasteiger partial charge in [0.05, 0.1) is 6.61 Å². The van der Waals surface area contributed by atoms with Crippen LogP contribution in [0.4, 0.5) is 0 Å². The molecule has 1 N–H and O–H groups in total. The summed E-state index contributed by atoms with van der Waals surface area (Å²) in [5.41, 5.74) is 1.14.